The van der Waals surface area contributed by atoms with Crippen molar-refractivity contribution in [3.8, 4) is 0 Å². The lowest BCUT2D eigenvalue weighted by atomic mass is 9.65. The van der Waals surface area contributed by atoms with Crippen molar-refractivity contribution in [2.24, 2.45) is 17.8 Å². The maximum atomic E-state index is 14.9. The number of carbonyl (C=O) groups is 3. The molecule has 6 rings (SSSR count). The van der Waals surface area contributed by atoms with Crippen LogP contribution in [0.1, 0.15) is 20.3 Å². The molecule has 0 saturated carbocycles. The number of fused-ring (bicyclic) bond motifs is 2. The number of amides is 3. The summed E-state index contributed by atoms with van der Waals surface area (Å²) in [6.07, 6.45) is 4.12. The summed E-state index contributed by atoms with van der Waals surface area (Å²) in [5.41, 5.74) is 1.47. The Hall–Kier alpha value is -3.88. The van der Waals surface area contributed by atoms with E-state index in [4.69, 9.17) is 0 Å². The number of nitrogens with zero attached hydrogens (tertiary/aromatic N) is 3. The summed E-state index contributed by atoms with van der Waals surface area (Å²) in [5.74, 6) is -1.84. The molecule has 1 N–H and O–H groups in total. The van der Waals surface area contributed by atoms with Crippen LogP contribution in [0.5, 0.6) is 0 Å². The zero-order valence-electron chi connectivity index (χ0n) is 25.2. The predicted octanol–water partition coefficient (Wildman–Crippen LogP) is 5.30. The van der Waals surface area contributed by atoms with Crippen LogP contribution in [-0.4, -0.2) is 69.5 Å². The van der Waals surface area contributed by atoms with Gasteiger partial charge in [0.05, 0.1) is 29.2 Å². The molecule has 3 saturated heterocycles. The van der Waals surface area contributed by atoms with Crippen molar-refractivity contribution >= 4 is 51.6 Å². The van der Waals surface area contributed by atoms with Gasteiger partial charge in [-0.3, -0.25) is 14.4 Å². The van der Waals surface area contributed by atoms with Gasteiger partial charge in [-0.15, -0.1) is 24.9 Å². The van der Waals surface area contributed by atoms with Gasteiger partial charge in [0.15, 0.2) is 0 Å². The Morgan fingerprint density at radius 3 is 2.27 bits per heavy atom. The van der Waals surface area contributed by atoms with E-state index >= 15 is 0 Å². The van der Waals surface area contributed by atoms with Crippen LogP contribution < -0.4 is 9.80 Å². The first-order chi connectivity index (χ1) is 21.3. The first-order valence-electron chi connectivity index (χ1n) is 15.3. The number of aliphatic hydroxyl groups is 1. The van der Waals surface area contributed by atoms with E-state index in [1.54, 1.807) is 45.5 Å². The number of likely N-dealkylation sites (tertiary alicyclic amines) is 1. The van der Waals surface area contributed by atoms with Crippen molar-refractivity contribution in [1.82, 2.24) is 4.90 Å². The number of hydrogen-bond donors (Lipinski definition) is 1. The smallest absolute Gasteiger partial charge is 0.251 e. The van der Waals surface area contributed by atoms with Gasteiger partial charge in [-0.25, -0.2) is 0 Å². The molecule has 7 atom stereocenters. The van der Waals surface area contributed by atoms with Crippen molar-refractivity contribution in [2.45, 2.75) is 42.3 Å². The average Bonchev–Trinajstić information content (AvgIpc) is 3.65. The quantitative estimate of drug-likeness (QED) is 0.316. The summed E-state index contributed by atoms with van der Waals surface area (Å²) in [6, 6.07) is 21.9. The van der Waals surface area contributed by atoms with Crippen molar-refractivity contribution < 1.29 is 19.5 Å². The molecule has 0 radical (unpaired) electrons. The van der Waals surface area contributed by atoms with Crippen molar-refractivity contribution in [3.63, 3.8) is 0 Å². The fourth-order valence-electron chi connectivity index (χ4n) is 7.77. The number of aliphatic hydroxyl groups excluding tert-OH is 1. The van der Waals surface area contributed by atoms with Crippen LogP contribution >= 0.6 is 11.8 Å². The second-order valence-corrected chi connectivity index (χ2v) is 13.7. The molecule has 3 aromatic rings. The van der Waals surface area contributed by atoms with Crippen molar-refractivity contribution in [2.75, 3.05) is 29.5 Å². The lowest BCUT2D eigenvalue weighted by Gasteiger charge is -2.42. The standard InChI is InChI=1S/C36H39N3O4S/c1-5-18-37(27-14-8-7-9-15-27)33(41)30-29-20-23(3)36(44-29)31(30)34(42)39(24(4)22-40)32(36)35(43)38(19-6-2)28-17-16-25-12-10-11-13-26(25)21-28/h5-17,21,23-24,29-32,40H,1-2,18-20,22H2,3-4H3/t23?,24-,29+,30-,31+,32?,36?/m1/s1. The van der Waals surface area contributed by atoms with E-state index in [2.05, 4.69) is 20.1 Å². The molecule has 44 heavy (non-hydrogen) atoms. The first-order valence-corrected chi connectivity index (χ1v) is 16.2. The first kappa shape index (κ1) is 30.2. The number of rotatable bonds is 10. The lowest BCUT2D eigenvalue weighted by molar-refractivity contribution is -0.141. The Kier molecular flexibility index (Phi) is 8.16. The predicted molar refractivity (Wildman–Crippen MR) is 178 cm³/mol. The SMILES string of the molecule is C=CCN(C(=O)C1N([C@H](C)CO)C(=O)[C@@H]2[C@H](C(=O)N(CC=C)c3ccccc3)[C@@H]3CC(C)C12S3)c1ccc2ccccc2c1. The van der Waals surface area contributed by atoms with Gasteiger partial charge in [-0.1, -0.05) is 67.6 Å². The second-order valence-electron chi connectivity index (χ2n) is 12.2. The average molecular weight is 610 g/mol. The molecular weight excluding hydrogens is 570 g/mol. The summed E-state index contributed by atoms with van der Waals surface area (Å²) < 4.78 is -0.810. The maximum Gasteiger partial charge on any atom is 0.251 e. The molecule has 3 heterocycles. The monoisotopic (exact) mass is 609 g/mol. The highest BCUT2D eigenvalue weighted by Gasteiger charge is 2.76. The number of benzene rings is 3. The minimum atomic E-state index is -0.846. The van der Waals surface area contributed by atoms with E-state index in [0.29, 0.717) is 6.54 Å². The summed E-state index contributed by atoms with van der Waals surface area (Å²) in [5, 5.41) is 12.3. The number of hydrogen-bond acceptors (Lipinski definition) is 5. The third-order valence-corrected chi connectivity index (χ3v) is 11.8. The largest absolute Gasteiger partial charge is 0.394 e. The molecule has 3 aromatic carbocycles. The van der Waals surface area contributed by atoms with Crippen LogP contribution in [0.3, 0.4) is 0 Å². The zero-order valence-corrected chi connectivity index (χ0v) is 26.0. The summed E-state index contributed by atoms with van der Waals surface area (Å²) >= 11 is 1.64. The highest BCUT2D eigenvalue weighted by molar-refractivity contribution is 8.02. The molecule has 3 amide bonds. The molecule has 3 aliphatic rings. The van der Waals surface area contributed by atoms with Crippen molar-refractivity contribution in [1.29, 1.82) is 0 Å². The minimum Gasteiger partial charge on any atom is -0.394 e. The van der Waals surface area contributed by atoms with Gasteiger partial charge in [0.2, 0.25) is 11.8 Å². The molecule has 2 bridgehead atoms. The Morgan fingerprint density at radius 2 is 1.61 bits per heavy atom. The molecule has 3 aliphatic heterocycles. The second kappa shape index (κ2) is 11.9. The molecule has 228 valence electrons. The fraction of sp³-hybridized carbons (Fsp3) is 0.361. The molecule has 0 aliphatic carbocycles. The van der Waals surface area contributed by atoms with Gasteiger partial charge < -0.3 is 19.8 Å². The van der Waals surface area contributed by atoms with E-state index in [0.717, 1.165) is 28.6 Å². The Bertz CT molecular complexity index is 1610. The van der Waals surface area contributed by atoms with Gasteiger partial charge in [0.1, 0.15) is 6.04 Å². The summed E-state index contributed by atoms with van der Waals surface area (Å²) in [4.78, 5) is 49.0. The van der Waals surface area contributed by atoms with Crippen LogP contribution in [0, 0.1) is 17.8 Å². The van der Waals surface area contributed by atoms with Gasteiger partial charge in [0.25, 0.3) is 5.91 Å². The van der Waals surface area contributed by atoms with Gasteiger partial charge in [-0.05, 0) is 54.3 Å². The highest BCUT2D eigenvalue weighted by Crippen LogP contribution is 2.69. The van der Waals surface area contributed by atoms with E-state index < -0.39 is 28.7 Å². The molecule has 7 nitrogen and oxygen atoms in total. The molecule has 0 aromatic heterocycles. The van der Waals surface area contributed by atoms with E-state index in [9.17, 15) is 19.5 Å². The summed E-state index contributed by atoms with van der Waals surface area (Å²) in [6.45, 7) is 12.0. The topological polar surface area (TPSA) is 81.2 Å². The maximum absolute atomic E-state index is 14.9. The van der Waals surface area contributed by atoms with Crippen LogP contribution in [-0.2, 0) is 14.4 Å². The summed E-state index contributed by atoms with van der Waals surface area (Å²) in [7, 11) is 0. The molecule has 8 heteroatoms. The third-order valence-electron chi connectivity index (χ3n) is 9.71. The molecular formula is C36H39N3O4S. The zero-order chi connectivity index (χ0) is 31.2. The van der Waals surface area contributed by atoms with Crippen LogP contribution in [0.25, 0.3) is 10.8 Å². The van der Waals surface area contributed by atoms with E-state index in [1.165, 1.54) is 0 Å². The van der Waals surface area contributed by atoms with E-state index in [-0.39, 0.29) is 42.0 Å². The van der Waals surface area contributed by atoms with Crippen LogP contribution in [0.2, 0.25) is 0 Å². The number of anilines is 2. The Labute approximate surface area is 263 Å². The number of carbonyl (C=O) groups excluding carboxylic acids is 3. The van der Waals surface area contributed by atoms with Crippen LogP contribution in [0.15, 0.2) is 98.1 Å². The van der Waals surface area contributed by atoms with Gasteiger partial charge in [-0.2, -0.15) is 0 Å². The van der Waals surface area contributed by atoms with Gasteiger partial charge in [0, 0.05) is 29.7 Å². The fourth-order valence-corrected chi connectivity index (χ4v) is 10.2. The number of para-hydroxylation sites is 1. The molecule has 1 spiro atoms. The Balaban J connectivity index is 1.44. The third kappa shape index (κ3) is 4.58. The van der Waals surface area contributed by atoms with E-state index in [1.807, 2.05) is 72.8 Å². The number of thioether (sulfide) groups is 1. The normalized spacial score (nSPS) is 27.7. The van der Waals surface area contributed by atoms with Crippen molar-refractivity contribution in [3.05, 3.63) is 98.1 Å². The molecule has 3 unspecified atom stereocenters. The highest BCUT2D eigenvalue weighted by atomic mass is 32.2. The minimum absolute atomic E-state index is 0.00658. The molecule has 3 fully saturated rings. The Morgan fingerprint density at radius 1 is 0.977 bits per heavy atom. The van der Waals surface area contributed by atoms with Crippen LogP contribution in [0.4, 0.5) is 11.4 Å². The van der Waals surface area contributed by atoms with Gasteiger partial charge >= 0.3 is 0 Å². The lowest BCUT2D eigenvalue weighted by Crippen LogP contribution is -2.59.